The molecule has 3 nitrogen and oxygen atoms in total. The Morgan fingerprint density at radius 1 is 1.23 bits per heavy atom. The fourth-order valence-electron chi connectivity index (χ4n) is 3.46. The predicted octanol–water partition coefficient (Wildman–Crippen LogP) is 3.68. The van der Waals surface area contributed by atoms with Gasteiger partial charge in [-0.1, -0.05) is 31.4 Å². The number of nitrogens with zero attached hydrogens (tertiary/aromatic N) is 2. The van der Waals surface area contributed by atoms with E-state index in [0.29, 0.717) is 12.5 Å². The average Bonchev–Trinajstić information content (AvgIpc) is 2.55. The molecular formula is C18H28FN3. The van der Waals surface area contributed by atoms with Crippen molar-refractivity contribution in [2.75, 3.05) is 19.6 Å². The Morgan fingerprint density at radius 3 is 2.50 bits per heavy atom. The third-order valence-electron chi connectivity index (χ3n) is 4.88. The second-order valence-electron chi connectivity index (χ2n) is 6.20. The van der Waals surface area contributed by atoms with E-state index in [9.17, 15) is 4.39 Å². The minimum Gasteiger partial charge on any atom is -0.370 e. The summed E-state index contributed by atoms with van der Waals surface area (Å²) >= 11 is 0. The van der Waals surface area contributed by atoms with E-state index < -0.39 is 0 Å². The zero-order valence-electron chi connectivity index (χ0n) is 13.8. The molecule has 1 aliphatic carbocycles. The summed E-state index contributed by atoms with van der Waals surface area (Å²) in [6.45, 7) is 6.53. The first-order valence-corrected chi connectivity index (χ1v) is 8.42. The lowest BCUT2D eigenvalue weighted by molar-refractivity contribution is 0.299. The summed E-state index contributed by atoms with van der Waals surface area (Å²) in [6.07, 6.45) is 5.73. The van der Waals surface area contributed by atoms with Crippen LogP contribution in [0.5, 0.6) is 0 Å². The van der Waals surface area contributed by atoms with Crippen molar-refractivity contribution in [2.24, 2.45) is 10.7 Å². The molecular weight excluding hydrogens is 277 g/mol. The molecule has 4 heteroatoms. The number of nitrogens with two attached hydrogens (primary N) is 1. The Bertz CT molecular complexity index is 503. The minimum absolute atomic E-state index is 0.0574. The van der Waals surface area contributed by atoms with Crippen LogP contribution in [0.3, 0.4) is 0 Å². The molecule has 0 atom stereocenters. The number of benzene rings is 1. The zero-order chi connectivity index (χ0) is 16.0. The molecule has 2 N–H and O–H groups in total. The van der Waals surface area contributed by atoms with Crippen molar-refractivity contribution in [1.82, 2.24) is 4.90 Å². The van der Waals surface area contributed by atoms with Crippen LogP contribution in [-0.2, 0) is 5.41 Å². The summed E-state index contributed by atoms with van der Waals surface area (Å²) in [5.74, 6) is 0.439. The summed E-state index contributed by atoms with van der Waals surface area (Å²) < 4.78 is 13.7. The maximum Gasteiger partial charge on any atom is 0.191 e. The van der Waals surface area contributed by atoms with Gasteiger partial charge < -0.3 is 10.6 Å². The van der Waals surface area contributed by atoms with Gasteiger partial charge >= 0.3 is 0 Å². The second kappa shape index (κ2) is 7.61. The van der Waals surface area contributed by atoms with Crippen LogP contribution in [0.25, 0.3) is 0 Å². The third kappa shape index (κ3) is 3.79. The van der Waals surface area contributed by atoms with Crippen LogP contribution in [0.2, 0.25) is 0 Å². The van der Waals surface area contributed by atoms with Gasteiger partial charge in [0.2, 0.25) is 0 Å². The lowest BCUT2D eigenvalue weighted by Gasteiger charge is -2.37. The fraction of sp³-hybridized carbons (Fsp3) is 0.611. The quantitative estimate of drug-likeness (QED) is 0.666. The number of aliphatic imine (C=N–C) groups is 1. The van der Waals surface area contributed by atoms with E-state index in [1.54, 1.807) is 12.1 Å². The summed E-state index contributed by atoms with van der Waals surface area (Å²) in [5, 5.41) is 0. The van der Waals surface area contributed by atoms with E-state index in [1.807, 2.05) is 6.07 Å². The molecule has 0 saturated heterocycles. The summed E-state index contributed by atoms with van der Waals surface area (Å²) in [7, 11) is 0. The van der Waals surface area contributed by atoms with Crippen molar-refractivity contribution in [3.8, 4) is 0 Å². The third-order valence-corrected chi connectivity index (χ3v) is 4.88. The van der Waals surface area contributed by atoms with Gasteiger partial charge in [0.1, 0.15) is 5.82 Å². The molecule has 1 saturated carbocycles. The number of hydrogen-bond acceptors (Lipinski definition) is 1. The standard InChI is InChI=1S/C18H28FN3/c1-3-22(4-2)17(20)21-14-18(11-6-5-7-12-18)15-9-8-10-16(19)13-15/h8-10,13H,3-7,11-12,14H2,1-2H3,(H2,20,21). The van der Waals surface area contributed by atoms with Crippen molar-refractivity contribution in [3.05, 3.63) is 35.6 Å². The number of rotatable bonds is 5. The van der Waals surface area contributed by atoms with E-state index in [4.69, 9.17) is 5.73 Å². The van der Waals surface area contributed by atoms with E-state index in [0.717, 1.165) is 31.5 Å². The first kappa shape index (κ1) is 16.8. The molecule has 0 bridgehead atoms. The smallest absolute Gasteiger partial charge is 0.191 e. The SMILES string of the molecule is CCN(CC)C(N)=NCC1(c2cccc(F)c2)CCCCC1. The monoisotopic (exact) mass is 305 g/mol. The molecule has 2 rings (SSSR count). The summed E-state index contributed by atoms with van der Waals surface area (Å²) in [6, 6.07) is 7.03. The molecule has 22 heavy (non-hydrogen) atoms. The van der Waals surface area contributed by atoms with Gasteiger partial charge in [-0.2, -0.15) is 0 Å². The average molecular weight is 305 g/mol. The Labute approximate surface area is 133 Å². The number of guanidine groups is 1. The Hall–Kier alpha value is -1.58. The van der Waals surface area contributed by atoms with Gasteiger partial charge in [0.05, 0.1) is 6.54 Å². The van der Waals surface area contributed by atoms with Gasteiger partial charge in [0, 0.05) is 18.5 Å². The first-order chi connectivity index (χ1) is 10.6. The van der Waals surface area contributed by atoms with Gasteiger partial charge in [-0.05, 0) is 44.4 Å². The Balaban J connectivity index is 2.25. The van der Waals surface area contributed by atoms with Crippen molar-refractivity contribution in [3.63, 3.8) is 0 Å². The first-order valence-electron chi connectivity index (χ1n) is 8.42. The zero-order valence-corrected chi connectivity index (χ0v) is 13.8. The van der Waals surface area contributed by atoms with Gasteiger partial charge in [-0.3, -0.25) is 4.99 Å². The highest BCUT2D eigenvalue weighted by atomic mass is 19.1. The molecule has 1 aromatic rings. The molecule has 0 heterocycles. The van der Waals surface area contributed by atoms with Crippen LogP contribution in [0.4, 0.5) is 4.39 Å². The molecule has 0 amide bonds. The predicted molar refractivity (Wildman–Crippen MR) is 90.6 cm³/mol. The molecule has 1 fully saturated rings. The van der Waals surface area contributed by atoms with Crippen LogP contribution < -0.4 is 5.73 Å². The number of hydrogen-bond donors (Lipinski definition) is 1. The molecule has 122 valence electrons. The largest absolute Gasteiger partial charge is 0.370 e. The molecule has 0 spiro atoms. The lowest BCUT2D eigenvalue weighted by Crippen LogP contribution is -2.39. The topological polar surface area (TPSA) is 41.6 Å². The van der Waals surface area contributed by atoms with Crippen molar-refractivity contribution >= 4 is 5.96 Å². The van der Waals surface area contributed by atoms with E-state index >= 15 is 0 Å². The van der Waals surface area contributed by atoms with Gasteiger partial charge in [0.15, 0.2) is 5.96 Å². The molecule has 1 aliphatic rings. The maximum atomic E-state index is 13.7. The summed E-state index contributed by atoms with van der Waals surface area (Å²) in [4.78, 5) is 6.72. The van der Waals surface area contributed by atoms with Gasteiger partial charge in [0.25, 0.3) is 0 Å². The molecule has 0 radical (unpaired) electrons. The molecule has 0 aliphatic heterocycles. The molecule has 0 aromatic heterocycles. The van der Waals surface area contributed by atoms with Crippen LogP contribution in [-0.4, -0.2) is 30.5 Å². The number of halogens is 1. The maximum absolute atomic E-state index is 13.7. The van der Waals surface area contributed by atoms with Crippen LogP contribution in [0.15, 0.2) is 29.3 Å². The van der Waals surface area contributed by atoms with E-state index in [2.05, 4.69) is 23.7 Å². The molecule has 0 unspecified atom stereocenters. The van der Waals surface area contributed by atoms with E-state index in [1.165, 1.54) is 25.3 Å². The lowest BCUT2D eigenvalue weighted by atomic mass is 9.69. The Kier molecular flexibility index (Phi) is 5.81. The highest BCUT2D eigenvalue weighted by Gasteiger charge is 2.34. The van der Waals surface area contributed by atoms with Crippen LogP contribution in [0.1, 0.15) is 51.5 Å². The van der Waals surface area contributed by atoms with Crippen LogP contribution in [0, 0.1) is 5.82 Å². The Morgan fingerprint density at radius 2 is 1.91 bits per heavy atom. The highest BCUT2D eigenvalue weighted by molar-refractivity contribution is 5.78. The van der Waals surface area contributed by atoms with Crippen molar-refractivity contribution in [2.45, 2.75) is 51.4 Å². The second-order valence-corrected chi connectivity index (χ2v) is 6.20. The van der Waals surface area contributed by atoms with Crippen LogP contribution >= 0.6 is 0 Å². The molecule has 1 aromatic carbocycles. The minimum atomic E-state index is -0.164. The van der Waals surface area contributed by atoms with Gasteiger partial charge in [-0.25, -0.2) is 4.39 Å². The van der Waals surface area contributed by atoms with Crippen molar-refractivity contribution < 1.29 is 4.39 Å². The van der Waals surface area contributed by atoms with E-state index in [-0.39, 0.29) is 11.2 Å². The van der Waals surface area contributed by atoms with Gasteiger partial charge in [-0.15, -0.1) is 0 Å². The normalized spacial score (nSPS) is 18.2. The highest BCUT2D eigenvalue weighted by Crippen LogP contribution is 2.40. The summed E-state index contributed by atoms with van der Waals surface area (Å²) in [5.41, 5.74) is 7.14. The fourth-order valence-corrected chi connectivity index (χ4v) is 3.46. The van der Waals surface area contributed by atoms with Crippen molar-refractivity contribution in [1.29, 1.82) is 0 Å².